The van der Waals surface area contributed by atoms with E-state index in [1.807, 2.05) is 18.2 Å². The Bertz CT molecular complexity index is 1080. The summed E-state index contributed by atoms with van der Waals surface area (Å²) in [7, 11) is 0. The van der Waals surface area contributed by atoms with Crippen LogP contribution < -0.4 is 21.7 Å². The standard InChI is InChI=1S/C23H30N6O2S/c1-2-5-14-12-18(28-23-19(14)20(24)21(32-23)22(25)31)29-10-7-15(8-11-29)27-13-17(30)16-6-3-4-9-26-16/h3-4,6,9,12,15,17,27,30H,2,5,7-8,10-11,13,24H2,1H3,(H2,25,31). The van der Waals surface area contributed by atoms with Gasteiger partial charge in [-0.2, -0.15) is 0 Å². The molecule has 1 fully saturated rings. The molecule has 0 aliphatic carbocycles. The average Bonchev–Trinajstić information content (AvgIpc) is 3.15. The van der Waals surface area contributed by atoms with Gasteiger partial charge in [0.1, 0.15) is 21.6 Å². The maximum absolute atomic E-state index is 11.8. The number of nitrogens with two attached hydrogens (primary N) is 2. The Balaban J connectivity index is 1.43. The van der Waals surface area contributed by atoms with Crippen molar-refractivity contribution in [2.45, 2.75) is 44.8 Å². The monoisotopic (exact) mass is 454 g/mol. The number of piperidine rings is 1. The van der Waals surface area contributed by atoms with Gasteiger partial charge in [0, 0.05) is 37.3 Å². The fraction of sp³-hybridized carbons (Fsp3) is 0.435. The van der Waals surface area contributed by atoms with Crippen molar-refractivity contribution in [1.82, 2.24) is 15.3 Å². The van der Waals surface area contributed by atoms with E-state index in [1.165, 1.54) is 11.3 Å². The predicted octanol–water partition coefficient (Wildman–Crippen LogP) is 2.62. The number of rotatable bonds is 8. The van der Waals surface area contributed by atoms with E-state index >= 15 is 0 Å². The van der Waals surface area contributed by atoms with Gasteiger partial charge in [-0.15, -0.1) is 11.3 Å². The lowest BCUT2D eigenvalue weighted by molar-refractivity contribution is 0.100. The average molecular weight is 455 g/mol. The SMILES string of the molecule is CCCc1cc(N2CCC(NCC(O)c3ccccn3)CC2)nc2sc(C(N)=O)c(N)c12. The van der Waals surface area contributed by atoms with Crippen molar-refractivity contribution >= 4 is 39.0 Å². The van der Waals surface area contributed by atoms with Crippen molar-refractivity contribution in [1.29, 1.82) is 0 Å². The third-order valence-corrected chi connectivity index (χ3v) is 7.07. The fourth-order valence-corrected chi connectivity index (χ4v) is 5.25. The van der Waals surface area contributed by atoms with Gasteiger partial charge in [-0.3, -0.25) is 9.78 Å². The zero-order valence-electron chi connectivity index (χ0n) is 18.3. The van der Waals surface area contributed by atoms with Gasteiger partial charge >= 0.3 is 0 Å². The van der Waals surface area contributed by atoms with Crippen LogP contribution in [0.1, 0.15) is 53.2 Å². The number of fused-ring (bicyclic) bond motifs is 1. The molecule has 170 valence electrons. The lowest BCUT2D eigenvalue weighted by Gasteiger charge is -2.34. The highest BCUT2D eigenvalue weighted by Crippen LogP contribution is 2.37. The first-order valence-electron chi connectivity index (χ1n) is 11.1. The van der Waals surface area contributed by atoms with Gasteiger partial charge in [0.05, 0.1) is 11.4 Å². The smallest absolute Gasteiger partial charge is 0.260 e. The normalized spacial score (nSPS) is 15.9. The Labute approximate surface area is 191 Å². The number of thiophene rings is 1. The van der Waals surface area contributed by atoms with Gasteiger partial charge in [0.15, 0.2) is 0 Å². The van der Waals surface area contributed by atoms with Crippen LogP contribution in [0.2, 0.25) is 0 Å². The number of aliphatic hydroxyl groups is 1. The molecular weight excluding hydrogens is 424 g/mol. The van der Waals surface area contributed by atoms with Crippen LogP contribution in [-0.4, -0.2) is 46.7 Å². The number of nitrogens with zero attached hydrogens (tertiary/aromatic N) is 3. The summed E-state index contributed by atoms with van der Waals surface area (Å²) in [6.45, 7) is 4.34. The molecule has 1 saturated heterocycles. The minimum absolute atomic E-state index is 0.335. The molecule has 8 nitrogen and oxygen atoms in total. The third-order valence-electron chi connectivity index (χ3n) is 5.96. The quantitative estimate of drug-likeness (QED) is 0.411. The lowest BCUT2D eigenvalue weighted by Crippen LogP contribution is -2.44. The highest BCUT2D eigenvalue weighted by atomic mass is 32.1. The second kappa shape index (κ2) is 9.81. The molecule has 4 rings (SSSR count). The van der Waals surface area contributed by atoms with E-state index < -0.39 is 12.0 Å². The van der Waals surface area contributed by atoms with Crippen LogP contribution >= 0.6 is 11.3 Å². The topological polar surface area (TPSA) is 130 Å². The number of primary amides is 1. The van der Waals surface area contributed by atoms with Crippen LogP contribution in [0.3, 0.4) is 0 Å². The first-order valence-corrected chi connectivity index (χ1v) is 11.9. The van der Waals surface area contributed by atoms with E-state index in [0.29, 0.717) is 28.8 Å². The molecule has 9 heteroatoms. The molecular formula is C23H30N6O2S. The molecule has 0 aromatic carbocycles. The number of nitrogens with one attached hydrogen (secondary N) is 1. The summed E-state index contributed by atoms with van der Waals surface area (Å²) < 4.78 is 0. The van der Waals surface area contributed by atoms with Crippen LogP contribution in [0.5, 0.6) is 0 Å². The van der Waals surface area contributed by atoms with E-state index in [0.717, 1.165) is 60.4 Å². The van der Waals surface area contributed by atoms with Crippen molar-refractivity contribution in [2.24, 2.45) is 5.73 Å². The zero-order valence-corrected chi connectivity index (χ0v) is 19.1. The maximum atomic E-state index is 11.8. The highest BCUT2D eigenvalue weighted by Gasteiger charge is 2.24. The van der Waals surface area contributed by atoms with Gasteiger partial charge in [-0.05, 0) is 43.0 Å². The van der Waals surface area contributed by atoms with E-state index in [4.69, 9.17) is 16.5 Å². The van der Waals surface area contributed by atoms with Crippen LogP contribution in [-0.2, 0) is 6.42 Å². The minimum Gasteiger partial charge on any atom is -0.397 e. The number of nitrogen functional groups attached to an aromatic ring is 1. The molecule has 3 aromatic heterocycles. The van der Waals surface area contributed by atoms with Crippen LogP contribution in [0.15, 0.2) is 30.5 Å². The molecule has 1 unspecified atom stereocenters. The van der Waals surface area contributed by atoms with Gasteiger partial charge in [-0.1, -0.05) is 19.4 Å². The molecule has 1 aliphatic heterocycles. The fourth-order valence-electron chi connectivity index (χ4n) is 4.26. The van der Waals surface area contributed by atoms with E-state index in [9.17, 15) is 9.90 Å². The molecule has 1 amide bonds. The van der Waals surface area contributed by atoms with Gasteiger partial charge in [0.25, 0.3) is 5.91 Å². The summed E-state index contributed by atoms with van der Waals surface area (Å²) in [5.41, 5.74) is 14.0. The van der Waals surface area contributed by atoms with E-state index in [2.05, 4.69) is 28.2 Å². The van der Waals surface area contributed by atoms with Crippen LogP contribution in [0, 0.1) is 0 Å². The highest BCUT2D eigenvalue weighted by molar-refractivity contribution is 7.21. The van der Waals surface area contributed by atoms with Gasteiger partial charge in [-0.25, -0.2) is 4.98 Å². The predicted molar refractivity (Wildman–Crippen MR) is 129 cm³/mol. The van der Waals surface area contributed by atoms with E-state index in [-0.39, 0.29) is 0 Å². The Morgan fingerprint density at radius 1 is 1.38 bits per heavy atom. The molecule has 0 spiro atoms. The summed E-state index contributed by atoms with van der Waals surface area (Å²) in [5, 5.41) is 14.7. The number of aryl methyl sites for hydroxylation is 1. The minimum atomic E-state index is -0.612. The molecule has 0 saturated carbocycles. The number of pyridine rings is 2. The van der Waals surface area contributed by atoms with Crippen molar-refractivity contribution in [3.05, 3.63) is 46.6 Å². The van der Waals surface area contributed by atoms with E-state index in [1.54, 1.807) is 6.20 Å². The maximum Gasteiger partial charge on any atom is 0.260 e. The summed E-state index contributed by atoms with van der Waals surface area (Å²) in [5.74, 6) is 0.416. The van der Waals surface area contributed by atoms with Crippen molar-refractivity contribution in [3.8, 4) is 0 Å². The molecule has 1 aliphatic rings. The summed E-state index contributed by atoms with van der Waals surface area (Å²) in [4.78, 5) is 24.3. The molecule has 0 bridgehead atoms. The number of hydrogen-bond acceptors (Lipinski definition) is 8. The number of carbonyl (C=O) groups excluding carboxylic acids is 1. The molecule has 4 heterocycles. The number of hydrogen-bond donors (Lipinski definition) is 4. The Hall–Kier alpha value is -2.75. The molecule has 32 heavy (non-hydrogen) atoms. The second-order valence-electron chi connectivity index (χ2n) is 8.22. The number of anilines is 2. The Morgan fingerprint density at radius 2 is 2.16 bits per heavy atom. The Morgan fingerprint density at radius 3 is 2.81 bits per heavy atom. The van der Waals surface area contributed by atoms with Crippen molar-refractivity contribution in [3.63, 3.8) is 0 Å². The molecule has 1 atom stereocenters. The number of carbonyl (C=O) groups is 1. The summed E-state index contributed by atoms with van der Waals surface area (Å²) in [6, 6.07) is 8.01. The lowest BCUT2D eigenvalue weighted by atomic mass is 10.0. The largest absolute Gasteiger partial charge is 0.397 e. The first kappa shape index (κ1) is 22.4. The van der Waals surface area contributed by atoms with Gasteiger partial charge in [0.2, 0.25) is 0 Å². The zero-order chi connectivity index (χ0) is 22.7. The Kier molecular flexibility index (Phi) is 6.88. The van der Waals surface area contributed by atoms with Crippen molar-refractivity contribution in [2.75, 3.05) is 30.3 Å². The molecule has 6 N–H and O–H groups in total. The van der Waals surface area contributed by atoms with Crippen molar-refractivity contribution < 1.29 is 9.90 Å². The molecule has 3 aromatic rings. The van der Waals surface area contributed by atoms with Gasteiger partial charge < -0.3 is 26.8 Å². The first-order chi connectivity index (χ1) is 15.5. The van der Waals surface area contributed by atoms with Crippen LogP contribution in [0.25, 0.3) is 10.2 Å². The number of aliphatic hydroxyl groups excluding tert-OH is 1. The molecule has 0 radical (unpaired) electrons. The number of amides is 1. The third kappa shape index (κ3) is 4.69. The number of aromatic nitrogens is 2. The summed E-state index contributed by atoms with van der Waals surface area (Å²) in [6.07, 6.45) is 4.84. The second-order valence-corrected chi connectivity index (χ2v) is 9.22. The van der Waals surface area contributed by atoms with Crippen LogP contribution in [0.4, 0.5) is 11.5 Å². The summed E-state index contributed by atoms with van der Waals surface area (Å²) >= 11 is 1.28.